The van der Waals surface area contributed by atoms with Gasteiger partial charge < -0.3 is 15.4 Å². The van der Waals surface area contributed by atoms with Gasteiger partial charge >= 0.3 is 0 Å². The van der Waals surface area contributed by atoms with Crippen LogP contribution in [0.3, 0.4) is 0 Å². The first-order valence-electron chi connectivity index (χ1n) is 11.5. The predicted molar refractivity (Wildman–Crippen MR) is 121 cm³/mol. The second-order valence-electron chi connectivity index (χ2n) is 10.1. The third-order valence-corrected chi connectivity index (χ3v) is 8.00. The molecule has 32 heavy (non-hydrogen) atoms. The van der Waals surface area contributed by atoms with Gasteiger partial charge in [0.1, 0.15) is 5.60 Å². The molecule has 7 heteroatoms. The summed E-state index contributed by atoms with van der Waals surface area (Å²) in [7, 11) is 0. The van der Waals surface area contributed by atoms with Crippen molar-refractivity contribution in [2.75, 3.05) is 24.6 Å². The Bertz CT molecular complexity index is 1200. The molecule has 4 atom stereocenters. The second kappa shape index (κ2) is 6.78. The van der Waals surface area contributed by atoms with Crippen LogP contribution < -0.4 is 10.6 Å². The van der Waals surface area contributed by atoms with E-state index in [0.29, 0.717) is 24.8 Å². The Hall–Kier alpha value is -2.93. The number of nitrogens with two attached hydrogens (primary N) is 1. The average Bonchev–Trinajstić information content (AvgIpc) is 3.54. The lowest BCUT2D eigenvalue weighted by Crippen LogP contribution is -2.47. The van der Waals surface area contributed by atoms with Gasteiger partial charge in [0.2, 0.25) is 5.91 Å². The number of rotatable bonds is 5. The smallest absolute Gasteiger partial charge is 0.217 e. The van der Waals surface area contributed by atoms with E-state index in [-0.39, 0.29) is 17.2 Å². The first kappa shape index (κ1) is 19.7. The SMILES string of the molecule is Cc1cc(N2CC[C@](C)(c3ccccc3)C2)cn2nc(C34CC(CO3)C4CC(N)=O)nc12. The molecule has 4 aliphatic rings. The number of hydrogen-bond donors (Lipinski definition) is 1. The number of anilines is 1. The fourth-order valence-corrected chi connectivity index (χ4v) is 6.11. The van der Waals surface area contributed by atoms with Gasteiger partial charge in [-0.1, -0.05) is 37.3 Å². The Kier molecular flexibility index (Phi) is 4.18. The monoisotopic (exact) mass is 431 g/mol. The van der Waals surface area contributed by atoms with Crippen molar-refractivity contribution in [2.24, 2.45) is 17.6 Å². The summed E-state index contributed by atoms with van der Waals surface area (Å²) >= 11 is 0. The average molecular weight is 432 g/mol. The molecule has 7 nitrogen and oxygen atoms in total. The van der Waals surface area contributed by atoms with Gasteiger partial charge in [-0.2, -0.15) is 0 Å². The maximum absolute atomic E-state index is 11.6. The van der Waals surface area contributed by atoms with E-state index < -0.39 is 5.60 Å². The summed E-state index contributed by atoms with van der Waals surface area (Å²) in [6.07, 6.45) is 4.40. The van der Waals surface area contributed by atoms with Crippen molar-refractivity contribution in [1.29, 1.82) is 0 Å². The minimum Gasteiger partial charge on any atom is -0.370 e. The Labute approximate surface area is 187 Å². The molecule has 0 spiro atoms. The van der Waals surface area contributed by atoms with Gasteiger partial charge in [0, 0.05) is 30.8 Å². The summed E-state index contributed by atoms with van der Waals surface area (Å²) in [6.45, 7) is 7.07. The van der Waals surface area contributed by atoms with Crippen LogP contribution in [-0.4, -0.2) is 40.2 Å². The van der Waals surface area contributed by atoms with E-state index in [1.807, 2.05) is 4.52 Å². The van der Waals surface area contributed by atoms with E-state index >= 15 is 0 Å². The van der Waals surface area contributed by atoms with Crippen LogP contribution in [0.25, 0.3) is 5.65 Å². The second-order valence-corrected chi connectivity index (χ2v) is 10.1. The largest absolute Gasteiger partial charge is 0.370 e. The maximum Gasteiger partial charge on any atom is 0.217 e. The highest BCUT2D eigenvalue weighted by molar-refractivity contribution is 5.74. The molecule has 2 bridgehead atoms. The van der Waals surface area contributed by atoms with Crippen molar-refractivity contribution in [3.05, 3.63) is 59.5 Å². The Balaban J connectivity index is 1.31. The summed E-state index contributed by atoms with van der Waals surface area (Å²) in [4.78, 5) is 18.9. The van der Waals surface area contributed by atoms with Crippen LogP contribution in [0.4, 0.5) is 5.69 Å². The van der Waals surface area contributed by atoms with Crippen molar-refractivity contribution < 1.29 is 9.53 Å². The van der Waals surface area contributed by atoms with E-state index in [9.17, 15) is 4.79 Å². The van der Waals surface area contributed by atoms with E-state index in [4.69, 9.17) is 20.6 Å². The quantitative estimate of drug-likeness (QED) is 0.671. The number of hydrogen-bond acceptors (Lipinski definition) is 5. The topological polar surface area (TPSA) is 85.8 Å². The molecule has 1 aliphatic carbocycles. The van der Waals surface area contributed by atoms with Crippen LogP contribution in [0.1, 0.15) is 43.1 Å². The number of fused-ring (bicyclic) bond motifs is 2. The summed E-state index contributed by atoms with van der Waals surface area (Å²) in [5.74, 6) is 0.869. The standard InChI is InChI=1S/C25H29N5O2/c1-16-10-19(29-9-8-24(2,15-29)18-6-4-3-5-7-18)13-30-22(16)27-23(28-30)25-12-17(14-32-25)20(25)11-21(26)31/h3-7,10,13,17,20H,8-9,11-12,14-15H2,1-2H3,(H2,26,31)/t17?,20?,24-,25?/m0/s1. The maximum atomic E-state index is 11.6. The molecular formula is C25H29N5O2. The number of nitrogens with zero attached hydrogens (tertiary/aromatic N) is 4. The molecule has 5 heterocycles. The molecule has 4 fully saturated rings. The fraction of sp³-hybridized carbons (Fsp3) is 0.480. The van der Waals surface area contributed by atoms with E-state index in [1.54, 1.807) is 0 Å². The van der Waals surface area contributed by atoms with Crippen molar-refractivity contribution >= 4 is 17.2 Å². The van der Waals surface area contributed by atoms with Crippen molar-refractivity contribution in [1.82, 2.24) is 14.6 Å². The Morgan fingerprint density at radius 1 is 1.31 bits per heavy atom. The molecule has 3 aliphatic heterocycles. The normalized spacial score (nSPS) is 31.2. The molecule has 1 amide bonds. The Morgan fingerprint density at radius 3 is 2.88 bits per heavy atom. The zero-order chi connectivity index (χ0) is 22.1. The number of amides is 1. The number of pyridine rings is 1. The summed E-state index contributed by atoms with van der Waals surface area (Å²) in [5, 5.41) is 4.85. The van der Waals surface area contributed by atoms with Crippen LogP contribution in [0, 0.1) is 18.8 Å². The molecule has 3 saturated heterocycles. The molecule has 1 aromatic carbocycles. The van der Waals surface area contributed by atoms with Gasteiger partial charge in [0.25, 0.3) is 0 Å². The van der Waals surface area contributed by atoms with Crippen LogP contribution in [-0.2, 0) is 20.5 Å². The molecule has 0 radical (unpaired) electrons. The van der Waals surface area contributed by atoms with Gasteiger partial charge in [0.05, 0.1) is 18.5 Å². The highest BCUT2D eigenvalue weighted by atomic mass is 16.5. The van der Waals surface area contributed by atoms with E-state index in [0.717, 1.165) is 42.8 Å². The van der Waals surface area contributed by atoms with Gasteiger partial charge in [-0.25, -0.2) is 9.50 Å². The number of aromatic nitrogens is 3. The minimum absolute atomic E-state index is 0.0855. The number of primary amides is 1. The third-order valence-electron chi connectivity index (χ3n) is 8.00. The molecular weight excluding hydrogens is 402 g/mol. The molecule has 166 valence electrons. The highest BCUT2D eigenvalue weighted by Gasteiger charge is 2.64. The number of benzene rings is 1. The lowest BCUT2D eigenvalue weighted by atomic mass is 9.62. The van der Waals surface area contributed by atoms with Crippen LogP contribution in [0.5, 0.6) is 0 Å². The predicted octanol–water partition coefficient (Wildman–Crippen LogP) is 2.94. The third kappa shape index (κ3) is 2.80. The van der Waals surface area contributed by atoms with Gasteiger partial charge in [0.15, 0.2) is 11.5 Å². The number of aryl methyl sites for hydroxylation is 1. The highest BCUT2D eigenvalue weighted by Crippen LogP contribution is 2.60. The van der Waals surface area contributed by atoms with Gasteiger partial charge in [-0.05, 0) is 42.9 Å². The van der Waals surface area contributed by atoms with Crippen LogP contribution in [0.15, 0.2) is 42.6 Å². The summed E-state index contributed by atoms with van der Waals surface area (Å²) in [5.41, 5.74) is 9.57. The fourth-order valence-electron chi connectivity index (χ4n) is 6.11. The zero-order valence-electron chi connectivity index (χ0n) is 18.6. The number of ether oxygens (including phenoxy) is 1. The first-order chi connectivity index (χ1) is 15.4. The lowest BCUT2D eigenvalue weighted by molar-refractivity contribution is -0.125. The van der Waals surface area contributed by atoms with Crippen molar-refractivity contribution in [3.63, 3.8) is 0 Å². The summed E-state index contributed by atoms with van der Waals surface area (Å²) < 4.78 is 8.03. The van der Waals surface area contributed by atoms with E-state index in [1.165, 1.54) is 5.56 Å². The zero-order valence-corrected chi connectivity index (χ0v) is 18.6. The van der Waals surface area contributed by atoms with Gasteiger partial charge in [-0.3, -0.25) is 4.79 Å². The molecule has 2 N–H and O–H groups in total. The molecule has 3 unspecified atom stereocenters. The molecule has 1 saturated carbocycles. The van der Waals surface area contributed by atoms with Crippen molar-refractivity contribution in [3.8, 4) is 0 Å². The van der Waals surface area contributed by atoms with E-state index in [2.05, 4.69) is 61.3 Å². The summed E-state index contributed by atoms with van der Waals surface area (Å²) in [6, 6.07) is 13.0. The molecule has 3 aromatic rings. The molecule has 7 rings (SSSR count). The van der Waals surface area contributed by atoms with Gasteiger partial charge in [-0.15, -0.1) is 5.10 Å². The lowest BCUT2D eigenvalue weighted by Gasteiger charge is -2.42. The van der Waals surface area contributed by atoms with Crippen LogP contribution >= 0.6 is 0 Å². The molecule has 2 aromatic heterocycles. The first-order valence-corrected chi connectivity index (χ1v) is 11.5. The number of carbonyl (C=O) groups excluding carboxylic acids is 1. The minimum atomic E-state index is -0.558. The van der Waals surface area contributed by atoms with Crippen molar-refractivity contribution in [2.45, 2.75) is 44.1 Å². The van der Waals surface area contributed by atoms with Crippen LogP contribution in [0.2, 0.25) is 0 Å². The Morgan fingerprint density at radius 2 is 2.12 bits per heavy atom. The number of carbonyl (C=O) groups is 1.